The minimum atomic E-state index is 0.233. The molecular weight excluding hydrogens is 216 g/mol. The van der Waals surface area contributed by atoms with Crippen LogP contribution in [0, 0.1) is 17.2 Å². The van der Waals surface area contributed by atoms with Crippen LogP contribution in [0.3, 0.4) is 0 Å². The third kappa shape index (κ3) is 4.76. The topological polar surface area (TPSA) is 35.8 Å². The highest BCUT2D eigenvalue weighted by Crippen LogP contribution is 2.23. The SMILES string of the molecule is CCSCC(C)NC1CCCCCC1C#N. The standard InChI is InChI=1S/C13H24N2S/c1-3-16-10-11(2)15-13-8-6-4-5-7-12(13)9-14/h11-13,15H,3-8,10H2,1-2H3. The van der Waals surface area contributed by atoms with Crippen LogP contribution in [0.4, 0.5) is 0 Å². The molecule has 0 aliphatic heterocycles. The van der Waals surface area contributed by atoms with Crippen molar-refractivity contribution >= 4 is 11.8 Å². The Morgan fingerprint density at radius 2 is 2.12 bits per heavy atom. The highest BCUT2D eigenvalue weighted by Gasteiger charge is 2.24. The Morgan fingerprint density at radius 3 is 2.81 bits per heavy atom. The van der Waals surface area contributed by atoms with Gasteiger partial charge in [0.1, 0.15) is 0 Å². The molecule has 0 saturated heterocycles. The summed E-state index contributed by atoms with van der Waals surface area (Å²) in [7, 11) is 0. The summed E-state index contributed by atoms with van der Waals surface area (Å²) in [5.74, 6) is 2.57. The first-order valence-corrected chi connectivity index (χ1v) is 7.66. The molecule has 0 amide bonds. The molecule has 92 valence electrons. The van der Waals surface area contributed by atoms with E-state index in [-0.39, 0.29) is 5.92 Å². The Morgan fingerprint density at radius 1 is 1.38 bits per heavy atom. The van der Waals surface area contributed by atoms with E-state index >= 15 is 0 Å². The molecule has 0 radical (unpaired) electrons. The summed E-state index contributed by atoms with van der Waals surface area (Å²) in [5.41, 5.74) is 0. The molecule has 16 heavy (non-hydrogen) atoms. The van der Waals surface area contributed by atoms with Gasteiger partial charge in [-0.25, -0.2) is 0 Å². The van der Waals surface area contributed by atoms with E-state index in [0.29, 0.717) is 12.1 Å². The average Bonchev–Trinajstić information content (AvgIpc) is 2.51. The molecule has 0 heterocycles. The molecule has 1 N–H and O–H groups in total. The zero-order valence-electron chi connectivity index (χ0n) is 10.5. The summed E-state index contributed by atoms with van der Waals surface area (Å²) in [6.07, 6.45) is 6.08. The molecule has 0 spiro atoms. The molecule has 3 unspecified atom stereocenters. The number of hydrogen-bond acceptors (Lipinski definition) is 3. The zero-order valence-corrected chi connectivity index (χ0v) is 11.4. The van der Waals surface area contributed by atoms with Crippen LogP contribution in [-0.2, 0) is 0 Å². The lowest BCUT2D eigenvalue weighted by Gasteiger charge is -2.25. The Bertz CT molecular complexity index is 224. The quantitative estimate of drug-likeness (QED) is 0.750. The van der Waals surface area contributed by atoms with Crippen LogP contribution in [0.1, 0.15) is 46.0 Å². The predicted octanol–water partition coefficient (Wildman–Crippen LogP) is 3.19. The smallest absolute Gasteiger partial charge is 0.0672 e. The van der Waals surface area contributed by atoms with Crippen LogP contribution in [0.15, 0.2) is 0 Å². The van der Waals surface area contributed by atoms with Crippen LogP contribution in [0.5, 0.6) is 0 Å². The van der Waals surface area contributed by atoms with Crippen LogP contribution in [0.25, 0.3) is 0 Å². The van der Waals surface area contributed by atoms with Crippen LogP contribution in [0.2, 0.25) is 0 Å². The van der Waals surface area contributed by atoms with E-state index in [1.165, 1.54) is 31.4 Å². The molecule has 1 aliphatic rings. The Kier molecular flexibility index (Phi) is 6.91. The van der Waals surface area contributed by atoms with E-state index in [4.69, 9.17) is 0 Å². The van der Waals surface area contributed by atoms with Crippen molar-refractivity contribution in [3.8, 4) is 6.07 Å². The van der Waals surface area contributed by atoms with Gasteiger partial charge in [-0.3, -0.25) is 0 Å². The van der Waals surface area contributed by atoms with Gasteiger partial charge in [-0.1, -0.05) is 26.2 Å². The van der Waals surface area contributed by atoms with Crippen molar-refractivity contribution in [3.63, 3.8) is 0 Å². The highest BCUT2D eigenvalue weighted by molar-refractivity contribution is 7.99. The summed E-state index contributed by atoms with van der Waals surface area (Å²) >= 11 is 1.97. The van der Waals surface area contributed by atoms with Crippen molar-refractivity contribution in [1.82, 2.24) is 5.32 Å². The second-order valence-corrected chi connectivity index (χ2v) is 6.03. The van der Waals surface area contributed by atoms with Crippen LogP contribution < -0.4 is 5.32 Å². The number of thioether (sulfide) groups is 1. The number of nitriles is 1. The minimum absolute atomic E-state index is 0.233. The largest absolute Gasteiger partial charge is 0.309 e. The summed E-state index contributed by atoms with van der Waals surface area (Å²) in [6.45, 7) is 4.43. The van der Waals surface area contributed by atoms with E-state index in [1.807, 2.05) is 11.8 Å². The first-order valence-electron chi connectivity index (χ1n) is 6.51. The van der Waals surface area contributed by atoms with Crippen molar-refractivity contribution < 1.29 is 0 Å². The third-order valence-electron chi connectivity index (χ3n) is 3.25. The molecule has 0 aromatic rings. The Hall–Kier alpha value is -0.200. The van der Waals surface area contributed by atoms with Gasteiger partial charge in [0.25, 0.3) is 0 Å². The lowest BCUT2D eigenvalue weighted by atomic mass is 9.96. The maximum atomic E-state index is 9.18. The van der Waals surface area contributed by atoms with E-state index in [1.54, 1.807) is 0 Å². The Balaban J connectivity index is 2.39. The molecule has 3 heteroatoms. The molecule has 1 rings (SSSR count). The lowest BCUT2D eigenvalue weighted by Crippen LogP contribution is -2.41. The van der Waals surface area contributed by atoms with Gasteiger partial charge in [-0.15, -0.1) is 0 Å². The van der Waals surface area contributed by atoms with Gasteiger partial charge in [-0.05, 0) is 25.5 Å². The molecule has 0 aromatic carbocycles. The van der Waals surface area contributed by atoms with Crippen molar-refractivity contribution in [3.05, 3.63) is 0 Å². The molecule has 0 aromatic heterocycles. The summed E-state index contributed by atoms with van der Waals surface area (Å²) in [6, 6.07) is 3.45. The molecule has 1 fully saturated rings. The second-order valence-electron chi connectivity index (χ2n) is 4.71. The fourth-order valence-corrected chi connectivity index (χ4v) is 3.06. The van der Waals surface area contributed by atoms with Gasteiger partial charge >= 0.3 is 0 Å². The molecule has 2 nitrogen and oxygen atoms in total. The third-order valence-corrected chi connectivity index (χ3v) is 4.40. The predicted molar refractivity (Wildman–Crippen MR) is 71.6 cm³/mol. The van der Waals surface area contributed by atoms with Crippen molar-refractivity contribution in [2.24, 2.45) is 5.92 Å². The van der Waals surface area contributed by atoms with Crippen molar-refractivity contribution in [2.75, 3.05) is 11.5 Å². The van der Waals surface area contributed by atoms with Crippen LogP contribution >= 0.6 is 11.8 Å². The van der Waals surface area contributed by atoms with Gasteiger partial charge in [0.05, 0.1) is 12.0 Å². The van der Waals surface area contributed by atoms with Crippen molar-refractivity contribution in [1.29, 1.82) is 5.26 Å². The first kappa shape index (κ1) is 13.9. The molecule has 1 saturated carbocycles. The van der Waals surface area contributed by atoms with Gasteiger partial charge in [0.15, 0.2) is 0 Å². The summed E-state index contributed by atoms with van der Waals surface area (Å²) < 4.78 is 0. The molecule has 1 aliphatic carbocycles. The number of rotatable bonds is 5. The van der Waals surface area contributed by atoms with E-state index in [0.717, 1.165) is 12.2 Å². The summed E-state index contributed by atoms with van der Waals surface area (Å²) in [4.78, 5) is 0. The number of hydrogen-bond donors (Lipinski definition) is 1. The van der Waals surface area contributed by atoms with Gasteiger partial charge in [0.2, 0.25) is 0 Å². The minimum Gasteiger partial charge on any atom is -0.309 e. The molecule has 0 bridgehead atoms. The molecular formula is C13H24N2S. The maximum Gasteiger partial charge on any atom is 0.0672 e. The van der Waals surface area contributed by atoms with Gasteiger partial charge in [0, 0.05) is 17.8 Å². The monoisotopic (exact) mass is 240 g/mol. The second kappa shape index (κ2) is 7.97. The van der Waals surface area contributed by atoms with E-state index in [2.05, 4.69) is 25.2 Å². The maximum absolute atomic E-state index is 9.18. The Labute approximate surface area is 104 Å². The zero-order chi connectivity index (χ0) is 11.8. The summed E-state index contributed by atoms with van der Waals surface area (Å²) in [5, 5.41) is 12.8. The number of nitrogens with zero attached hydrogens (tertiary/aromatic N) is 1. The van der Waals surface area contributed by atoms with E-state index in [9.17, 15) is 5.26 Å². The van der Waals surface area contributed by atoms with Crippen LogP contribution in [-0.4, -0.2) is 23.6 Å². The fraction of sp³-hybridized carbons (Fsp3) is 0.923. The van der Waals surface area contributed by atoms with Gasteiger partial charge in [-0.2, -0.15) is 17.0 Å². The average molecular weight is 240 g/mol. The lowest BCUT2D eigenvalue weighted by molar-refractivity contribution is 0.370. The van der Waals surface area contributed by atoms with Gasteiger partial charge < -0.3 is 5.32 Å². The van der Waals surface area contributed by atoms with E-state index < -0.39 is 0 Å². The first-order chi connectivity index (χ1) is 7.77. The molecule has 3 atom stereocenters. The normalized spacial score (nSPS) is 28.1. The van der Waals surface area contributed by atoms with Crippen molar-refractivity contribution in [2.45, 2.75) is 58.0 Å². The highest BCUT2D eigenvalue weighted by atomic mass is 32.2. The fourth-order valence-electron chi connectivity index (χ4n) is 2.37. The number of nitrogens with one attached hydrogen (secondary N) is 1.